The molecule has 4 nitrogen and oxygen atoms in total. The van der Waals surface area contributed by atoms with Gasteiger partial charge < -0.3 is 9.80 Å². The number of rotatable bonds is 4. The monoisotopic (exact) mass is 333 g/mol. The van der Waals surface area contributed by atoms with E-state index >= 15 is 0 Å². The highest BCUT2D eigenvalue weighted by Gasteiger charge is 2.44. The van der Waals surface area contributed by atoms with E-state index in [0.717, 1.165) is 43.9 Å². The summed E-state index contributed by atoms with van der Waals surface area (Å²) in [4.78, 5) is 18.0. The molecule has 0 aromatic rings. The maximum atomic E-state index is 12.6. The summed E-state index contributed by atoms with van der Waals surface area (Å²) in [6, 6.07) is -0.0115. The molecule has 3 aliphatic rings. The molecule has 3 fully saturated rings. The van der Waals surface area contributed by atoms with Crippen LogP contribution >= 0.6 is 0 Å². The molecule has 23 heavy (non-hydrogen) atoms. The van der Waals surface area contributed by atoms with E-state index in [-0.39, 0.29) is 18.5 Å². The number of piperidine rings is 1. The molecule has 132 valence electrons. The van der Waals surface area contributed by atoms with Gasteiger partial charge in [0.25, 0.3) is 0 Å². The maximum Gasteiger partial charge on any atom is 0.406 e. The number of hydrogen-bond donors (Lipinski definition) is 0. The molecular weight excluding hydrogens is 307 g/mol. The Morgan fingerprint density at radius 2 is 1.70 bits per heavy atom. The van der Waals surface area contributed by atoms with E-state index in [1.807, 2.05) is 0 Å². The van der Waals surface area contributed by atoms with Crippen LogP contribution in [0.25, 0.3) is 0 Å². The number of carbonyl (C=O) groups is 1. The minimum Gasteiger partial charge on any atom is -0.332 e. The van der Waals surface area contributed by atoms with Crippen LogP contribution in [0, 0.1) is 0 Å². The summed E-state index contributed by atoms with van der Waals surface area (Å²) in [6.45, 7) is 3.16. The number of nitrogens with zero attached hydrogens (tertiary/aromatic N) is 3. The number of carbonyl (C=O) groups excluding carboxylic acids is 1. The maximum absolute atomic E-state index is 12.6. The highest BCUT2D eigenvalue weighted by atomic mass is 19.4. The molecule has 0 aromatic heterocycles. The molecule has 2 atom stereocenters. The van der Waals surface area contributed by atoms with E-state index in [0.29, 0.717) is 12.5 Å². The summed E-state index contributed by atoms with van der Waals surface area (Å²) in [5, 5.41) is 0. The van der Waals surface area contributed by atoms with E-state index in [4.69, 9.17) is 0 Å². The average Bonchev–Trinajstić information content (AvgIpc) is 3.06. The number of halogens is 3. The van der Waals surface area contributed by atoms with Crippen molar-refractivity contribution in [2.24, 2.45) is 0 Å². The van der Waals surface area contributed by atoms with Gasteiger partial charge in [-0.15, -0.1) is 0 Å². The predicted octanol–water partition coefficient (Wildman–Crippen LogP) is 2.10. The quantitative estimate of drug-likeness (QED) is 0.788. The highest BCUT2D eigenvalue weighted by molar-refractivity contribution is 5.84. The van der Waals surface area contributed by atoms with Crippen LogP contribution in [0.15, 0.2) is 0 Å². The van der Waals surface area contributed by atoms with Crippen LogP contribution in [-0.2, 0) is 4.79 Å². The van der Waals surface area contributed by atoms with E-state index in [1.54, 1.807) is 0 Å². The van der Waals surface area contributed by atoms with Crippen LogP contribution < -0.4 is 0 Å². The topological polar surface area (TPSA) is 26.8 Å². The Labute approximate surface area is 135 Å². The molecule has 7 heteroatoms. The molecule has 0 N–H and O–H groups in total. The molecule has 0 radical (unpaired) electrons. The SMILES string of the molecule is O=C1C(N2CCCC2CN2CCCCC2)CCN1CC(F)(F)F. The summed E-state index contributed by atoms with van der Waals surface area (Å²) < 4.78 is 37.7. The van der Waals surface area contributed by atoms with Crippen LogP contribution in [0.5, 0.6) is 0 Å². The molecule has 3 saturated heterocycles. The lowest BCUT2D eigenvalue weighted by molar-refractivity contribution is -0.159. The van der Waals surface area contributed by atoms with Crippen LogP contribution in [0.4, 0.5) is 13.2 Å². The minimum atomic E-state index is -4.30. The number of alkyl halides is 3. The standard InChI is InChI=1S/C16H26F3N3O/c17-16(18,19)12-21-10-6-14(15(21)23)22-9-4-5-13(22)11-20-7-2-1-3-8-20/h13-14H,1-12H2. The largest absolute Gasteiger partial charge is 0.406 e. The molecule has 1 amide bonds. The molecule has 0 aromatic carbocycles. The second kappa shape index (κ2) is 6.97. The fraction of sp³-hybridized carbons (Fsp3) is 0.938. The van der Waals surface area contributed by atoms with Gasteiger partial charge in [0, 0.05) is 19.1 Å². The number of amides is 1. The van der Waals surface area contributed by atoms with Crippen molar-refractivity contribution >= 4 is 5.91 Å². The highest BCUT2D eigenvalue weighted by Crippen LogP contribution is 2.29. The van der Waals surface area contributed by atoms with E-state index < -0.39 is 12.7 Å². The third-order valence-corrected chi connectivity index (χ3v) is 5.38. The van der Waals surface area contributed by atoms with Crippen molar-refractivity contribution in [3.8, 4) is 0 Å². The van der Waals surface area contributed by atoms with Gasteiger partial charge in [0.2, 0.25) is 5.91 Å². The van der Waals surface area contributed by atoms with Gasteiger partial charge in [-0.05, 0) is 51.7 Å². The molecule has 0 saturated carbocycles. The molecular formula is C16H26F3N3O. The van der Waals surface area contributed by atoms with E-state index in [9.17, 15) is 18.0 Å². The first-order valence-corrected chi connectivity index (χ1v) is 8.78. The van der Waals surface area contributed by atoms with E-state index in [1.165, 1.54) is 19.3 Å². The zero-order valence-corrected chi connectivity index (χ0v) is 13.5. The van der Waals surface area contributed by atoms with Crippen molar-refractivity contribution in [3.05, 3.63) is 0 Å². The van der Waals surface area contributed by atoms with E-state index in [2.05, 4.69) is 9.80 Å². The van der Waals surface area contributed by atoms with Gasteiger partial charge in [0.05, 0.1) is 6.04 Å². The van der Waals surface area contributed by atoms with Gasteiger partial charge in [-0.25, -0.2) is 0 Å². The first-order valence-electron chi connectivity index (χ1n) is 8.78. The molecule has 0 spiro atoms. The van der Waals surface area contributed by atoms with Crippen LogP contribution in [-0.4, -0.2) is 78.1 Å². The molecule has 3 heterocycles. The number of likely N-dealkylation sites (tertiary alicyclic amines) is 3. The van der Waals surface area contributed by atoms with Gasteiger partial charge in [-0.1, -0.05) is 6.42 Å². The zero-order valence-electron chi connectivity index (χ0n) is 13.5. The Hall–Kier alpha value is -0.820. The third kappa shape index (κ3) is 4.18. The zero-order chi connectivity index (χ0) is 16.4. The summed E-state index contributed by atoms with van der Waals surface area (Å²) in [5.41, 5.74) is 0. The lowest BCUT2D eigenvalue weighted by Gasteiger charge is -2.35. The molecule has 3 aliphatic heterocycles. The van der Waals surface area contributed by atoms with Crippen LogP contribution in [0.2, 0.25) is 0 Å². The van der Waals surface area contributed by atoms with Crippen LogP contribution in [0.3, 0.4) is 0 Å². The summed E-state index contributed by atoms with van der Waals surface area (Å²) in [6.07, 6.45) is 2.08. The molecule has 0 bridgehead atoms. The molecule has 2 unspecified atom stereocenters. The Morgan fingerprint density at radius 3 is 2.39 bits per heavy atom. The molecule has 0 aliphatic carbocycles. The normalized spacial score (nSPS) is 31.3. The number of hydrogen-bond acceptors (Lipinski definition) is 3. The van der Waals surface area contributed by atoms with Crippen LogP contribution in [0.1, 0.15) is 38.5 Å². The lowest BCUT2D eigenvalue weighted by Crippen LogP contribution is -2.49. The van der Waals surface area contributed by atoms with Crippen molar-refractivity contribution in [2.75, 3.05) is 39.3 Å². The summed E-state index contributed by atoms with van der Waals surface area (Å²) >= 11 is 0. The Morgan fingerprint density at radius 1 is 0.957 bits per heavy atom. The first-order chi connectivity index (χ1) is 10.9. The van der Waals surface area contributed by atoms with Crippen molar-refractivity contribution in [1.82, 2.24) is 14.7 Å². The fourth-order valence-electron chi connectivity index (χ4n) is 4.31. The van der Waals surface area contributed by atoms with Gasteiger partial charge in [0.1, 0.15) is 6.54 Å². The minimum absolute atomic E-state index is 0.232. The fourth-order valence-corrected chi connectivity index (χ4v) is 4.31. The van der Waals surface area contributed by atoms with Crippen molar-refractivity contribution in [1.29, 1.82) is 0 Å². The van der Waals surface area contributed by atoms with Crippen molar-refractivity contribution < 1.29 is 18.0 Å². The second-order valence-electron chi connectivity index (χ2n) is 7.07. The van der Waals surface area contributed by atoms with Crippen molar-refractivity contribution in [3.63, 3.8) is 0 Å². The predicted molar refractivity (Wildman–Crippen MR) is 81.1 cm³/mol. The Bertz CT molecular complexity index is 423. The van der Waals surface area contributed by atoms with Gasteiger partial charge in [-0.2, -0.15) is 13.2 Å². The second-order valence-corrected chi connectivity index (χ2v) is 7.07. The summed E-state index contributed by atoms with van der Waals surface area (Å²) in [5.74, 6) is -0.326. The van der Waals surface area contributed by atoms with Crippen molar-refractivity contribution in [2.45, 2.75) is 56.8 Å². The van der Waals surface area contributed by atoms with Gasteiger partial charge in [0.15, 0.2) is 0 Å². The third-order valence-electron chi connectivity index (χ3n) is 5.38. The molecule has 3 rings (SSSR count). The Kier molecular flexibility index (Phi) is 5.16. The first kappa shape index (κ1) is 17.0. The smallest absolute Gasteiger partial charge is 0.332 e. The van der Waals surface area contributed by atoms with Gasteiger partial charge >= 0.3 is 6.18 Å². The summed E-state index contributed by atoms with van der Waals surface area (Å²) in [7, 11) is 0. The average molecular weight is 333 g/mol. The Balaban J connectivity index is 1.58. The van der Waals surface area contributed by atoms with Gasteiger partial charge in [-0.3, -0.25) is 9.69 Å². The lowest BCUT2D eigenvalue weighted by atomic mass is 10.1.